The lowest BCUT2D eigenvalue weighted by molar-refractivity contribution is -0.139. The molecule has 8 nitrogen and oxygen atoms in total. The van der Waals surface area contributed by atoms with E-state index in [1.807, 2.05) is 24.3 Å². The summed E-state index contributed by atoms with van der Waals surface area (Å²) in [7, 11) is 1.54. The van der Waals surface area contributed by atoms with Crippen LogP contribution in [0.2, 0.25) is 0 Å². The number of hydrogen-bond donors (Lipinski definition) is 2. The average Bonchev–Trinajstić information content (AvgIpc) is 2.85. The van der Waals surface area contributed by atoms with Crippen molar-refractivity contribution in [3.8, 4) is 5.75 Å². The Morgan fingerprint density at radius 1 is 1.03 bits per heavy atom. The maximum atomic E-state index is 13.0. The topological polar surface area (TPSA) is 103 Å². The van der Waals surface area contributed by atoms with Crippen LogP contribution < -0.4 is 15.4 Å². The van der Waals surface area contributed by atoms with Crippen LogP contribution in [0.5, 0.6) is 5.75 Å². The third-order valence-corrected chi connectivity index (χ3v) is 5.40. The van der Waals surface area contributed by atoms with Crippen LogP contribution in [0.3, 0.4) is 0 Å². The lowest BCUT2D eigenvalue weighted by Gasteiger charge is -2.19. The Hall–Kier alpha value is -3.23. The van der Waals surface area contributed by atoms with Crippen molar-refractivity contribution in [2.75, 3.05) is 26.9 Å². The molecule has 8 heteroatoms. The highest BCUT2D eigenvalue weighted by molar-refractivity contribution is 6.38. The molecule has 0 saturated carbocycles. The summed E-state index contributed by atoms with van der Waals surface area (Å²) in [6.07, 6.45) is 1.67. The summed E-state index contributed by atoms with van der Waals surface area (Å²) in [5.74, 6) is -1.21. The maximum Gasteiger partial charge on any atom is 0.289 e. The molecule has 1 aliphatic rings. The second kappa shape index (κ2) is 12.7. The van der Waals surface area contributed by atoms with Crippen LogP contribution in [0.4, 0.5) is 0 Å². The molecular weight excluding hydrogens is 424 g/mol. The maximum absolute atomic E-state index is 13.0. The number of hydrogen-bond acceptors (Lipinski definition) is 6. The molecule has 3 rings (SSSR count). The predicted molar refractivity (Wildman–Crippen MR) is 122 cm³/mol. The van der Waals surface area contributed by atoms with Gasteiger partial charge in [0.25, 0.3) is 11.8 Å². The number of carbonyl (C=O) groups is 3. The van der Waals surface area contributed by atoms with Crippen LogP contribution in [0, 0.1) is 0 Å². The number of ketones is 1. The molecule has 1 unspecified atom stereocenters. The molecule has 2 aromatic rings. The van der Waals surface area contributed by atoms with Crippen LogP contribution in [0.25, 0.3) is 0 Å². The Morgan fingerprint density at radius 2 is 1.79 bits per heavy atom. The van der Waals surface area contributed by atoms with Gasteiger partial charge in [0, 0.05) is 24.3 Å². The first-order chi connectivity index (χ1) is 16.1. The fraction of sp³-hybridized carbons (Fsp3) is 0.400. The van der Waals surface area contributed by atoms with Crippen LogP contribution in [0.1, 0.15) is 40.7 Å². The second-order valence-electron chi connectivity index (χ2n) is 7.70. The van der Waals surface area contributed by atoms with Crippen LogP contribution >= 0.6 is 0 Å². The Bertz CT molecular complexity index is 961. The summed E-state index contributed by atoms with van der Waals surface area (Å²) in [4.78, 5) is 38.6. The molecule has 0 radical (unpaired) electrons. The zero-order chi connectivity index (χ0) is 23.5. The summed E-state index contributed by atoms with van der Waals surface area (Å²) < 4.78 is 16.4. The van der Waals surface area contributed by atoms with E-state index in [0.717, 1.165) is 5.56 Å². The molecule has 0 aliphatic carbocycles. The molecule has 0 aromatic heterocycles. The standard InChI is InChI=1S/C25H30N2O6/c1-31-22-12-5-3-8-18(22)16-26-25(30)23(28)21-11-6-7-13-32-14-15-33-17-19-9-2-4-10-20(19)24(29)27-21/h2-5,8-10,12,21H,6-7,11,13-17H2,1H3,(H,26,30)(H,27,29). The van der Waals surface area contributed by atoms with E-state index in [0.29, 0.717) is 56.0 Å². The highest BCUT2D eigenvalue weighted by Gasteiger charge is 2.27. The first-order valence-corrected chi connectivity index (χ1v) is 11.1. The van der Waals surface area contributed by atoms with Gasteiger partial charge in [-0.2, -0.15) is 0 Å². The highest BCUT2D eigenvalue weighted by atomic mass is 16.5. The third-order valence-electron chi connectivity index (χ3n) is 5.40. The van der Waals surface area contributed by atoms with Gasteiger partial charge < -0.3 is 24.8 Å². The van der Waals surface area contributed by atoms with Crippen molar-refractivity contribution in [3.63, 3.8) is 0 Å². The highest BCUT2D eigenvalue weighted by Crippen LogP contribution is 2.17. The number of benzene rings is 2. The number of Topliss-reactive ketones (excluding diaryl/α,β-unsaturated/α-hetero) is 1. The summed E-state index contributed by atoms with van der Waals surface area (Å²) >= 11 is 0. The number of para-hydroxylation sites is 1. The van der Waals surface area contributed by atoms with Crippen molar-refractivity contribution < 1.29 is 28.6 Å². The molecule has 2 N–H and O–H groups in total. The first-order valence-electron chi connectivity index (χ1n) is 11.1. The van der Waals surface area contributed by atoms with E-state index in [1.54, 1.807) is 31.4 Å². The molecule has 0 fully saturated rings. The van der Waals surface area contributed by atoms with Gasteiger partial charge in [0.15, 0.2) is 0 Å². The van der Waals surface area contributed by atoms with Crippen molar-refractivity contribution in [1.82, 2.24) is 10.6 Å². The molecule has 33 heavy (non-hydrogen) atoms. The third kappa shape index (κ3) is 7.13. The molecule has 1 atom stereocenters. The number of fused-ring (bicyclic) bond motifs is 1. The Kier molecular flexibility index (Phi) is 9.41. The fourth-order valence-electron chi connectivity index (χ4n) is 3.60. The summed E-state index contributed by atoms with van der Waals surface area (Å²) in [6, 6.07) is 13.4. The van der Waals surface area contributed by atoms with E-state index in [9.17, 15) is 14.4 Å². The van der Waals surface area contributed by atoms with Gasteiger partial charge >= 0.3 is 0 Å². The molecule has 2 amide bonds. The van der Waals surface area contributed by atoms with Gasteiger partial charge in [-0.15, -0.1) is 0 Å². The normalized spacial score (nSPS) is 17.7. The van der Waals surface area contributed by atoms with Gasteiger partial charge in [-0.3, -0.25) is 14.4 Å². The molecule has 0 bridgehead atoms. The smallest absolute Gasteiger partial charge is 0.289 e. The minimum Gasteiger partial charge on any atom is -0.496 e. The number of ether oxygens (including phenoxy) is 3. The number of methoxy groups -OCH3 is 1. The van der Waals surface area contributed by atoms with Crippen molar-refractivity contribution in [1.29, 1.82) is 0 Å². The van der Waals surface area contributed by atoms with Crippen molar-refractivity contribution in [2.45, 2.75) is 38.5 Å². The molecule has 1 aliphatic heterocycles. The molecular formula is C25H30N2O6. The Balaban J connectivity index is 1.71. The van der Waals surface area contributed by atoms with Gasteiger partial charge in [-0.05, 0) is 37.0 Å². The minimum atomic E-state index is -0.938. The average molecular weight is 455 g/mol. The molecule has 2 aromatic carbocycles. The van der Waals surface area contributed by atoms with Gasteiger partial charge in [0.1, 0.15) is 5.75 Å². The van der Waals surface area contributed by atoms with E-state index >= 15 is 0 Å². The largest absolute Gasteiger partial charge is 0.496 e. The summed E-state index contributed by atoms with van der Waals surface area (Å²) in [6.45, 7) is 1.81. The molecule has 0 saturated heterocycles. The number of rotatable bonds is 5. The van der Waals surface area contributed by atoms with E-state index in [2.05, 4.69) is 10.6 Å². The van der Waals surface area contributed by atoms with Gasteiger partial charge in [-0.1, -0.05) is 36.4 Å². The number of carbonyl (C=O) groups excluding carboxylic acids is 3. The SMILES string of the molecule is COc1ccccc1CNC(=O)C(=O)C1CCCCOCCOCc2ccccc2C(=O)N1. The van der Waals surface area contributed by atoms with Crippen molar-refractivity contribution >= 4 is 17.6 Å². The first kappa shape index (κ1) is 24.4. The van der Waals surface area contributed by atoms with E-state index in [1.165, 1.54) is 0 Å². The lowest BCUT2D eigenvalue weighted by atomic mass is 10.0. The van der Waals surface area contributed by atoms with E-state index in [4.69, 9.17) is 14.2 Å². The second-order valence-corrected chi connectivity index (χ2v) is 7.70. The molecule has 1 heterocycles. The number of amides is 2. The Labute approximate surface area is 193 Å². The van der Waals surface area contributed by atoms with Crippen molar-refractivity contribution in [2.24, 2.45) is 0 Å². The van der Waals surface area contributed by atoms with Gasteiger partial charge in [-0.25, -0.2) is 0 Å². The zero-order valence-electron chi connectivity index (χ0n) is 18.8. The van der Waals surface area contributed by atoms with E-state index < -0.39 is 23.6 Å². The number of nitrogens with one attached hydrogen (secondary N) is 2. The van der Waals surface area contributed by atoms with Crippen LogP contribution in [0.15, 0.2) is 48.5 Å². The van der Waals surface area contributed by atoms with E-state index in [-0.39, 0.29) is 13.2 Å². The van der Waals surface area contributed by atoms with Gasteiger partial charge in [0.2, 0.25) is 5.78 Å². The van der Waals surface area contributed by atoms with Gasteiger partial charge in [0.05, 0.1) is 33.0 Å². The van der Waals surface area contributed by atoms with Crippen LogP contribution in [-0.4, -0.2) is 50.6 Å². The quantitative estimate of drug-likeness (QED) is 0.673. The zero-order valence-corrected chi connectivity index (χ0v) is 18.8. The summed E-state index contributed by atoms with van der Waals surface area (Å²) in [5, 5.41) is 5.40. The van der Waals surface area contributed by atoms with Crippen molar-refractivity contribution in [3.05, 3.63) is 65.2 Å². The monoisotopic (exact) mass is 454 g/mol. The molecule has 176 valence electrons. The Morgan fingerprint density at radius 3 is 2.64 bits per heavy atom. The molecule has 0 spiro atoms. The van der Waals surface area contributed by atoms with Crippen LogP contribution in [-0.2, 0) is 32.2 Å². The fourth-order valence-corrected chi connectivity index (χ4v) is 3.60. The lowest BCUT2D eigenvalue weighted by Crippen LogP contribution is -2.47. The predicted octanol–water partition coefficient (Wildman–Crippen LogP) is 2.40. The summed E-state index contributed by atoms with van der Waals surface area (Å²) in [5.41, 5.74) is 1.88. The minimum absolute atomic E-state index is 0.142.